The highest BCUT2D eigenvalue weighted by Gasteiger charge is 2.14. The van der Waals surface area contributed by atoms with Crippen molar-refractivity contribution in [1.29, 1.82) is 0 Å². The Hall–Kier alpha value is -2.65. The summed E-state index contributed by atoms with van der Waals surface area (Å²) in [6.45, 7) is 1.87. The Bertz CT molecular complexity index is 891. The van der Waals surface area contributed by atoms with Crippen LogP contribution in [-0.4, -0.2) is 29.5 Å². The monoisotopic (exact) mass is 376 g/mol. The summed E-state index contributed by atoms with van der Waals surface area (Å²) in [4.78, 5) is 16.6. The molecular formula is C16H16N4O3S2. The largest absolute Gasteiger partial charge is 0.497 e. The fourth-order valence-corrected chi connectivity index (χ4v) is 3.41. The van der Waals surface area contributed by atoms with Crippen LogP contribution in [0.25, 0.3) is 0 Å². The van der Waals surface area contributed by atoms with Gasteiger partial charge < -0.3 is 20.1 Å². The Kier molecular flexibility index (Phi) is 5.15. The van der Waals surface area contributed by atoms with Gasteiger partial charge in [-0.25, -0.2) is 4.98 Å². The van der Waals surface area contributed by atoms with Gasteiger partial charge in [0.05, 0.1) is 25.6 Å². The zero-order chi connectivity index (χ0) is 17.8. The number of nitrogens with zero attached hydrogens (tertiary/aromatic N) is 2. The molecule has 0 fully saturated rings. The second-order valence-corrected chi connectivity index (χ2v) is 6.68. The molecule has 0 bridgehead atoms. The summed E-state index contributed by atoms with van der Waals surface area (Å²) in [5.74, 6) is 1.05. The highest BCUT2D eigenvalue weighted by molar-refractivity contribution is 7.14. The molecule has 0 unspecified atom stereocenters. The summed E-state index contributed by atoms with van der Waals surface area (Å²) in [5, 5.41) is 8.93. The highest BCUT2D eigenvalue weighted by Crippen LogP contribution is 2.32. The number of hydrogen-bond acceptors (Lipinski definition) is 8. The van der Waals surface area contributed by atoms with Crippen LogP contribution in [0.15, 0.2) is 29.6 Å². The maximum absolute atomic E-state index is 12.2. The Balaban J connectivity index is 1.72. The molecule has 0 aliphatic heterocycles. The third-order valence-electron chi connectivity index (χ3n) is 3.25. The molecule has 3 aromatic rings. The first kappa shape index (κ1) is 17.2. The predicted octanol–water partition coefficient (Wildman–Crippen LogP) is 3.92. The second kappa shape index (κ2) is 7.49. The summed E-state index contributed by atoms with van der Waals surface area (Å²) >= 11 is 2.58. The van der Waals surface area contributed by atoms with Crippen molar-refractivity contribution in [1.82, 2.24) is 9.36 Å². The molecule has 0 atom stereocenters. The van der Waals surface area contributed by atoms with E-state index in [1.165, 1.54) is 22.9 Å². The van der Waals surface area contributed by atoms with Crippen molar-refractivity contribution in [3.8, 4) is 11.5 Å². The van der Waals surface area contributed by atoms with E-state index in [0.717, 1.165) is 11.4 Å². The van der Waals surface area contributed by atoms with Gasteiger partial charge in [-0.15, -0.1) is 11.3 Å². The van der Waals surface area contributed by atoms with Gasteiger partial charge in [0.15, 0.2) is 5.13 Å². The maximum Gasteiger partial charge on any atom is 0.275 e. The number of methoxy groups -OCH3 is 2. The number of aromatic nitrogens is 2. The van der Waals surface area contributed by atoms with Crippen molar-refractivity contribution in [2.45, 2.75) is 6.92 Å². The molecule has 1 amide bonds. The molecular weight excluding hydrogens is 360 g/mol. The lowest BCUT2D eigenvalue weighted by Crippen LogP contribution is -2.11. The van der Waals surface area contributed by atoms with E-state index in [9.17, 15) is 4.79 Å². The van der Waals surface area contributed by atoms with Gasteiger partial charge in [-0.2, -0.15) is 4.37 Å². The minimum Gasteiger partial charge on any atom is -0.497 e. The van der Waals surface area contributed by atoms with Crippen LogP contribution in [0.2, 0.25) is 0 Å². The molecule has 9 heteroatoms. The van der Waals surface area contributed by atoms with E-state index in [2.05, 4.69) is 20.0 Å². The molecule has 25 heavy (non-hydrogen) atoms. The molecule has 2 N–H and O–H groups in total. The average Bonchev–Trinajstić information content (AvgIpc) is 3.24. The molecule has 0 aliphatic carbocycles. The molecule has 0 radical (unpaired) electrons. The van der Waals surface area contributed by atoms with Crippen molar-refractivity contribution in [3.63, 3.8) is 0 Å². The van der Waals surface area contributed by atoms with Crippen LogP contribution < -0.4 is 20.1 Å². The van der Waals surface area contributed by atoms with Crippen molar-refractivity contribution in [2.24, 2.45) is 0 Å². The van der Waals surface area contributed by atoms with Crippen LogP contribution in [0, 0.1) is 6.92 Å². The molecule has 0 aliphatic rings. The Morgan fingerprint density at radius 1 is 1.20 bits per heavy atom. The molecule has 0 saturated carbocycles. The summed E-state index contributed by atoms with van der Waals surface area (Å²) in [5.41, 5.74) is 1.95. The fraction of sp³-hybridized carbons (Fsp3) is 0.188. The number of thiazole rings is 1. The van der Waals surface area contributed by atoms with E-state index < -0.39 is 0 Å². The first-order valence-corrected chi connectivity index (χ1v) is 8.93. The lowest BCUT2D eigenvalue weighted by Gasteiger charge is -2.10. The van der Waals surface area contributed by atoms with E-state index in [-0.39, 0.29) is 5.91 Å². The van der Waals surface area contributed by atoms with Gasteiger partial charge in [-0.3, -0.25) is 4.79 Å². The van der Waals surface area contributed by atoms with E-state index in [4.69, 9.17) is 9.47 Å². The number of nitrogens with one attached hydrogen (secondary N) is 2. The average molecular weight is 376 g/mol. The van der Waals surface area contributed by atoms with Gasteiger partial charge in [0, 0.05) is 11.4 Å². The van der Waals surface area contributed by atoms with Crippen molar-refractivity contribution in [2.75, 3.05) is 24.9 Å². The van der Waals surface area contributed by atoms with Gasteiger partial charge in [-0.1, -0.05) is 0 Å². The van der Waals surface area contributed by atoms with Gasteiger partial charge in [-0.05, 0) is 36.7 Å². The number of hydrogen-bond donors (Lipinski definition) is 2. The fourth-order valence-electron chi connectivity index (χ4n) is 2.05. The molecule has 2 heterocycles. The molecule has 0 spiro atoms. The number of anilines is 3. The van der Waals surface area contributed by atoms with E-state index in [0.29, 0.717) is 27.3 Å². The minimum atomic E-state index is -0.269. The highest BCUT2D eigenvalue weighted by atomic mass is 32.1. The molecule has 7 nitrogen and oxygen atoms in total. The van der Waals surface area contributed by atoms with Crippen LogP contribution in [0.3, 0.4) is 0 Å². The molecule has 3 rings (SSSR count). The minimum absolute atomic E-state index is 0.269. The lowest BCUT2D eigenvalue weighted by molar-refractivity contribution is 0.102. The number of rotatable bonds is 6. The van der Waals surface area contributed by atoms with Gasteiger partial charge in [0.2, 0.25) is 0 Å². The first-order chi connectivity index (χ1) is 12.1. The Labute approximate surface area is 152 Å². The van der Waals surface area contributed by atoms with E-state index in [1.54, 1.807) is 25.7 Å². The Morgan fingerprint density at radius 2 is 2.04 bits per heavy atom. The zero-order valence-electron chi connectivity index (χ0n) is 13.8. The summed E-state index contributed by atoms with van der Waals surface area (Å²) in [6.07, 6.45) is 0. The molecule has 130 valence electrons. The standard InChI is InChI=1S/C16H16N4O3S2/c1-9-6-14(25-20-9)19-15(21)12-8-24-16(18-12)17-11-5-4-10(22-2)7-13(11)23-3/h4-8H,1-3H3,(H,17,18)(H,19,21). The quantitative estimate of drug-likeness (QED) is 0.678. The molecule has 2 aromatic heterocycles. The molecule has 0 saturated heterocycles. The topological polar surface area (TPSA) is 85.4 Å². The normalized spacial score (nSPS) is 10.4. The van der Waals surface area contributed by atoms with E-state index >= 15 is 0 Å². The van der Waals surface area contributed by atoms with E-state index in [1.807, 2.05) is 25.1 Å². The van der Waals surface area contributed by atoms with Crippen molar-refractivity contribution >= 4 is 44.6 Å². The third kappa shape index (κ3) is 4.06. The van der Waals surface area contributed by atoms with Gasteiger partial charge >= 0.3 is 0 Å². The molecule has 1 aromatic carbocycles. The lowest BCUT2D eigenvalue weighted by atomic mass is 10.3. The summed E-state index contributed by atoms with van der Waals surface area (Å²) in [7, 11) is 3.18. The SMILES string of the molecule is COc1ccc(Nc2nc(C(=O)Nc3cc(C)ns3)cs2)c(OC)c1. The number of aryl methyl sites for hydroxylation is 1. The van der Waals surface area contributed by atoms with Crippen molar-refractivity contribution in [3.05, 3.63) is 41.0 Å². The number of benzene rings is 1. The number of carbonyl (C=O) groups excluding carboxylic acids is 1. The predicted molar refractivity (Wildman–Crippen MR) is 99.7 cm³/mol. The number of ether oxygens (including phenoxy) is 2. The van der Waals surface area contributed by atoms with Gasteiger partial charge in [0.1, 0.15) is 22.2 Å². The summed E-state index contributed by atoms with van der Waals surface area (Å²) in [6, 6.07) is 7.24. The van der Waals surface area contributed by atoms with Crippen LogP contribution in [0.4, 0.5) is 15.8 Å². The third-order valence-corrected chi connectivity index (χ3v) is 4.81. The second-order valence-electron chi connectivity index (χ2n) is 5.02. The zero-order valence-corrected chi connectivity index (χ0v) is 15.5. The number of carbonyl (C=O) groups is 1. The van der Waals surface area contributed by atoms with Crippen LogP contribution >= 0.6 is 22.9 Å². The first-order valence-electron chi connectivity index (χ1n) is 7.28. The van der Waals surface area contributed by atoms with Gasteiger partial charge in [0.25, 0.3) is 5.91 Å². The smallest absolute Gasteiger partial charge is 0.275 e. The van der Waals surface area contributed by atoms with Crippen LogP contribution in [0.1, 0.15) is 16.2 Å². The van der Waals surface area contributed by atoms with Crippen LogP contribution in [-0.2, 0) is 0 Å². The summed E-state index contributed by atoms with van der Waals surface area (Å²) < 4.78 is 14.7. The number of amides is 1. The Morgan fingerprint density at radius 3 is 2.72 bits per heavy atom. The van der Waals surface area contributed by atoms with Crippen LogP contribution in [0.5, 0.6) is 11.5 Å². The van der Waals surface area contributed by atoms with Crippen molar-refractivity contribution < 1.29 is 14.3 Å². The maximum atomic E-state index is 12.2.